The lowest BCUT2D eigenvalue weighted by Gasteiger charge is -2.12. The molecule has 1 aromatic rings. The quantitative estimate of drug-likeness (QED) is 0.705. The molecule has 1 aliphatic heterocycles. The normalized spacial score (nSPS) is 19.0. The fourth-order valence-corrected chi connectivity index (χ4v) is 1.53. The summed E-state index contributed by atoms with van der Waals surface area (Å²) in [4.78, 5) is 11.2. The third kappa shape index (κ3) is 1.98. The van der Waals surface area contributed by atoms with E-state index >= 15 is 0 Å². The summed E-state index contributed by atoms with van der Waals surface area (Å²) < 4.78 is 10.3. The van der Waals surface area contributed by atoms with Crippen molar-refractivity contribution in [2.24, 2.45) is 0 Å². The molecule has 0 saturated carbocycles. The van der Waals surface area contributed by atoms with E-state index in [1.54, 1.807) is 18.2 Å². The van der Waals surface area contributed by atoms with Gasteiger partial charge in [-0.15, -0.1) is 0 Å². The number of carbonyl (C=O) groups excluding carboxylic acids is 1. The molecule has 0 amide bonds. The molecule has 1 unspecified atom stereocenters. The second-order valence-corrected chi connectivity index (χ2v) is 3.65. The minimum absolute atomic E-state index is 0.332. The van der Waals surface area contributed by atoms with E-state index < -0.39 is 6.10 Å². The smallest absolute Gasteiger partial charge is 0.347 e. The van der Waals surface area contributed by atoms with Crippen molar-refractivity contribution in [1.29, 1.82) is 5.26 Å². The number of hydrogen-bond acceptors (Lipinski definition) is 4. The Balaban J connectivity index is 2.20. The molecule has 4 nitrogen and oxygen atoms in total. The minimum atomic E-state index is -0.535. The SMILES string of the molecule is Cc1ccc(C#N)cc1OC1CCOC1=O. The Kier molecular flexibility index (Phi) is 2.78. The minimum Gasteiger partial charge on any atom is -0.478 e. The van der Waals surface area contributed by atoms with Crippen molar-refractivity contribution in [2.45, 2.75) is 19.4 Å². The van der Waals surface area contributed by atoms with Crippen LogP contribution in [-0.2, 0) is 9.53 Å². The van der Waals surface area contributed by atoms with Gasteiger partial charge in [0.25, 0.3) is 0 Å². The van der Waals surface area contributed by atoms with Gasteiger partial charge in [-0.05, 0) is 24.6 Å². The Hall–Kier alpha value is -2.02. The van der Waals surface area contributed by atoms with Crippen LogP contribution in [0.1, 0.15) is 17.5 Å². The third-order valence-electron chi connectivity index (χ3n) is 2.47. The van der Waals surface area contributed by atoms with Gasteiger partial charge in [-0.3, -0.25) is 0 Å². The van der Waals surface area contributed by atoms with E-state index in [1.807, 2.05) is 13.0 Å². The predicted octanol–water partition coefficient (Wildman–Crippen LogP) is 1.56. The van der Waals surface area contributed by atoms with Crippen LogP contribution in [0.5, 0.6) is 5.75 Å². The number of rotatable bonds is 2. The number of carbonyl (C=O) groups is 1. The number of esters is 1. The first-order chi connectivity index (χ1) is 7.70. The zero-order valence-corrected chi connectivity index (χ0v) is 8.90. The fourth-order valence-electron chi connectivity index (χ4n) is 1.53. The van der Waals surface area contributed by atoms with Gasteiger partial charge in [-0.25, -0.2) is 4.79 Å². The van der Waals surface area contributed by atoms with E-state index in [9.17, 15) is 4.79 Å². The number of ether oxygens (including phenoxy) is 2. The third-order valence-corrected chi connectivity index (χ3v) is 2.47. The average molecular weight is 217 g/mol. The van der Waals surface area contributed by atoms with E-state index in [1.165, 1.54) is 0 Å². The van der Waals surface area contributed by atoms with Crippen LogP contribution >= 0.6 is 0 Å². The van der Waals surface area contributed by atoms with Gasteiger partial charge < -0.3 is 9.47 Å². The van der Waals surface area contributed by atoms with Gasteiger partial charge in [-0.1, -0.05) is 6.07 Å². The molecule has 1 aliphatic rings. The van der Waals surface area contributed by atoms with Crippen LogP contribution in [0.15, 0.2) is 18.2 Å². The van der Waals surface area contributed by atoms with Gasteiger partial charge >= 0.3 is 5.97 Å². The van der Waals surface area contributed by atoms with E-state index in [-0.39, 0.29) is 5.97 Å². The lowest BCUT2D eigenvalue weighted by molar-refractivity contribution is -0.143. The highest BCUT2D eigenvalue weighted by Gasteiger charge is 2.28. The summed E-state index contributed by atoms with van der Waals surface area (Å²) in [6.45, 7) is 2.28. The first-order valence-electron chi connectivity index (χ1n) is 5.05. The summed E-state index contributed by atoms with van der Waals surface area (Å²) in [6.07, 6.45) is 0.0299. The van der Waals surface area contributed by atoms with E-state index in [2.05, 4.69) is 0 Å². The number of benzene rings is 1. The van der Waals surface area contributed by atoms with Gasteiger partial charge in [-0.2, -0.15) is 5.26 Å². The van der Waals surface area contributed by atoms with Crippen molar-refractivity contribution in [3.63, 3.8) is 0 Å². The van der Waals surface area contributed by atoms with Crippen molar-refractivity contribution >= 4 is 5.97 Å². The van der Waals surface area contributed by atoms with E-state index in [0.29, 0.717) is 24.3 Å². The molecule has 1 atom stereocenters. The Morgan fingerprint density at radius 3 is 3.00 bits per heavy atom. The van der Waals surface area contributed by atoms with Crippen LogP contribution in [0, 0.1) is 18.3 Å². The summed E-state index contributed by atoms with van der Waals surface area (Å²) in [5.41, 5.74) is 1.42. The van der Waals surface area contributed by atoms with Crippen LogP contribution in [0.4, 0.5) is 0 Å². The maximum Gasteiger partial charge on any atom is 0.347 e. The Morgan fingerprint density at radius 2 is 2.38 bits per heavy atom. The molecule has 0 radical (unpaired) electrons. The largest absolute Gasteiger partial charge is 0.478 e. The molecule has 1 heterocycles. The summed E-state index contributed by atoms with van der Waals surface area (Å²) in [7, 11) is 0. The zero-order valence-electron chi connectivity index (χ0n) is 8.90. The van der Waals surface area contributed by atoms with Gasteiger partial charge in [0.05, 0.1) is 18.2 Å². The van der Waals surface area contributed by atoms with Crippen LogP contribution in [0.3, 0.4) is 0 Å². The molecule has 4 heteroatoms. The van der Waals surface area contributed by atoms with Gasteiger partial charge in [0.1, 0.15) is 5.75 Å². The zero-order chi connectivity index (χ0) is 11.5. The summed E-state index contributed by atoms with van der Waals surface area (Å²) >= 11 is 0. The highest BCUT2D eigenvalue weighted by Crippen LogP contribution is 2.23. The molecular formula is C12H11NO3. The molecule has 0 bridgehead atoms. The average Bonchev–Trinajstić information content (AvgIpc) is 2.68. The standard InChI is InChI=1S/C12H11NO3/c1-8-2-3-9(7-13)6-11(8)16-10-4-5-15-12(10)14/h2-3,6,10H,4-5H2,1H3. The molecule has 1 aromatic carbocycles. The highest BCUT2D eigenvalue weighted by molar-refractivity contribution is 5.76. The van der Waals surface area contributed by atoms with Gasteiger partial charge in [0.15, 0.2) is 6.10 Å². The Bertz CT molecular complexity index is 462. The van der Waals surface area contributed by atoms with E-state index in [4.69, 9.17) is 14.7 Å². The number of nitriles is 1. The second-order valence-electron chi connectivity index (χ2n) is 3.65. The molecule has 0 spiro atoms. The molecule has 82 valence electrons. The predicted molar refractivity (Wildman–Crippen MR) is 55.9 cm³/mol. The monoisotopic (exact) mass is 217 g/mol. The Labute approximate surface area is 93.4 Å². The summed E-state index contributed by atoms with van der Waals surface area (Å²) in [6, 6.07) is 7.19. The molecule has 1 fully saturated rings. The summed E-state index contributed by atoms with van der Waals surface area (Å²) in [5, 5.41) is 8.77. The molecule has 16 heavy (non-hydrogen) atoms. The maximum absolute atomic E-state index is 11.2. The number of hydrogen-bond donors (Lipinski definition) is 0. The first-order valence-corrected chi connectivity index (χ1v) is 5.05. The maximum atomic E-state index is 11.2. The number of cyclic esters (lactones) is 1. The molecule has 0 aromatic heterocycles. The van der Waals surface area contributed by atoms with E-state index in [0.717, 1.165) is 5.56 Å². The topological polar surface area (TPSA) is 59.3 Å². The number of aryl methyl sites for hydroxylation is 1. The molecule has 2 rings (SSSR count). The lowest BCUT2D eigenvalue weighted by atomic mass is 10.1. The van der Waals surface area contributed by atoms with Crippen LogP contribution in [0.2, 0.25) is 0 Å². The molecule has 1 saturated heterocycles. The molecular weight excluding hydrogens is 206 g/mol. The van der Waals surface area contributed by atoms with Crippen molar-refractivity contribution < 1.29 is 14.3 Å². The van der Waals surface area contributed by atoms with Crippen LogP contribution < -0.4 is 4.74 Å². The van der Waals surface area contributed by atoms with Crippen molar-refractivity contribution in [3.8, 4) is 11.8 Å². The first kappa shape index (κ1) is 10.5. The molecule has 0 N–H and O–H groups in total. The fraction of sp³-hybridized carbons (Fsp3) is 0.333. The van der Waals surface area contributed by atoms with Crippen molar-refractivity contribution in [3.05, 3.63) is 29.3 Å². The molecule has 0 aliphatic carbocycles. The van der Waals surface area contributed by atoms with Gasteiger partial charge in [0.2, 0.25) is 0 Å². The highest BCUT2D eigenvalue weighted by atomic mass is 16.6. The Morgan fingerprint density at radius 1 is 1.56 bits per heavy atom. The summed E-state index contributed by atoms with van der Waals surface area (Å²) in [5.74, 6) is 0.240. The van der Waals surface area contributed by atoms with Crippen LogP contribution in [-0.4, -0.2) is 18.7 Å². The van der Waals surface area contributed by atoms with Gasteiger partial charge in [0, 0.05) is 6.42 Å². The second kappa shape index (κ2) is 4.23. The van der Waals surface area contributed by atoms with Crippen molar-refractivity contribution in [2.75, 3.05) is 6.61 Å². The van der Waals surface area contributed by atoms with Crippen molar-refractivity contribution in [1.82, 2.24) is 0 Å². The van der Waals surface area contributed by atoms with Crippen LogP contribution in [0.25, 0.3) is 0 Å². The lowest BCUT2D eigenvalue weighted by Crippen LogP contribution is -2.22. The number of nitrogens with zero attached hydrogens (tertiary/aromatic N) is 1.